The molecule has 0 fully saturated rings. The number of nitrogens with zero attached hydrogens (tertiary/aromatic N) is 3. The average molecular weight is 365 g/mol. The zero-order valence-corrected chi connectivity index (χ0v) is 15.1. The van der Waals surface area contributed by atoms with E-state index in [9.17, 15) is 12.8 Å². The molecule has 0 bridgehead atoms. The van der Waals surface area contributed by atoms with Crippen LogP contribution in [-0.4, -0.2) is 33.3 Å². The fraction of sp³-hybridized carbons (Fsp3) is 0.353. The highest BCUT2D eigenvalue weighted by atomic mass is 32.2. The average Bonchev–Trinajstić information content (AvgIpc) is 3.03. The van der Waals surface area contributed by atoms with Gasteiger partial charge in [0.1, 0.15) is 11.6 Å². The summed E-state index contributed by atoms with van der Waals surface area (Å²) in [5, 5.41) is 1.05. The van der Waals surface area contributed by atoms with Crippen LogP contribution in [0.15, 0.2) is 24.4 Å². The van der Waals surface area contributed by atoms with Gasteiger partial charge in [0, 0.05) is 24.0 Å². The first-order chi connectivity index (χ1) is 11.7. The zero-order valence-electron chi connectivity index (χ0n) is 14.3. The van der Waals surface area contributed by atoms with Crippen molar-refractivity contribution in [2.45, 2.75) is 33.4 Å². The van der Waals surface area contributed by atoms with Gasteiger partial charge in [-0.25, -0.2) is 9.37 Å². The Bertz CT molecular complexity index is 1040. The summed E-state index contributed by atoms with van der Waals surface area (Å²) in [6.07, 6.45) is 3.59. The number of aromatic nitrogens is 3. The van der Waals surface area contributed by atoms with E-state index >= 15 is 0 Å². The van der Waals surface area contributed by atoms with Crippen molar-refractivity contribution in [3.05, 3.63) is 41.6 Å². The quantitative estimate of drug-likeness (QED) is 0.673. The van der Waals surface area contributed by atoms with E-state index in [2.05, 4.69) is 21.0 Å². The van der Waals surface area contributed by atoms with Crippen molar-refractivity contribution < 1.29 is 17.4 Å². The third kappa shape index (κ3) is 3.32. The lowest BCUT2D eigenvalue weighted by Crippen LogP contribution is -2.13. The minimum atomic E-state index is -3.67. The van der Waals surface area contributed by atoms with Crippen LogP contribution < -0.4 is 0 Å². The van der Waals surface area contributed by atoms with Gasteiger partial charge in [0.25, 0.3) is 10.1 Å². The molecular formula is C17H20FN3O3S. The number of rotatable bonds is 1. The second-order valence-corrected chi connectivity index (χ2v) is 7.52. The van der Waals surface area contributed by atoms with Gasteiger partial charge in [0.2, 0.25) is 0 Å². The molecule has 0 saturated heterocycles. The first-order valence-corrected chi connectivity index (χ1v) is 9.81. The fourth-order valence-corrected chi connectivity index (χ4v) is 3.43. The first-order valence-electron chi connectivity index (χ1n) is 7.96. The molecule has 134 valence electrons. The molecule has 0 unspecified atom stereocenters. The molecule has 0 radical (unpaired) electrons. The van der Waals surface area contributed by atoms with E-state index in [0.717, 1.165) is 41.9 Å². The summed E-state index contributed by atoms with van der Waals surface area (Å²) in [6.45, 7) is 5.97. The minimum Gasteiger partial charge on any atom is -0.339 e. The Morgan fingerprint density at radius 3 is 2.68 bits per heavy atom. The van der Waals surface area contributed by atoms with Gasteiger partial charge in [0.05, 0.1) is 23.8 Å². The summed E-state index contributed by atoms with van der Waals surface area (Å²) in [7, 11) is -3.67. The summed E-state index contributed by atoms with van der Waals surface area (Å²) in [4.78, 5) is 4.44. The lowest BCUT2D eigenvalue weighted by molar-refractivity contribution is 0.490. The van der Waals surface area contributed by atoms with Crippen molar-refractivity contribution in [3.8, 4) is 11.4 Å². The lowest BCUT2D eigenvalue weighted by atomic mass is 10.0. The van der Waals surface area contributed by atoms with Gasteiger partial charge in [-0.2, -0.15) is 8.42 Å². The van der Waals surface area contributed by atoms with E-state index in [1.165, 1.54) is 11.3 Å². The molecule has 0 amide bonds. The molecule has 0 atom stereocenters. The van der Waals surface area contributed by atoms with Crippen LogP contribution in [0.2, 0.25) is 0 Å². The molecular weight excluding hydrogens is 345 g/mol. The third-order valence-electron chi connectivity index (χ3n) is 4.33. The maximum absolute atomic E-state index is 13.6. The topological polar surface area (TPSA) is 77.1 Å². The number of hydrogen-bond donors (Lipinski definition) is 1. The number of aryl methyl sites for hydroxylation is 3. The van der Waals surface area contributed by atoms with Crippen molar-refractivity contribution in [2.75, 3.05) is 6.26 Å². The summed E-state index contributed by atoms with van der Waals surface area (Å²) >= 11 is 0. The van der Waals surface area contributed by atoms with E-state index in [-0.39, 0.29) is 5.82 Å². The van der Waals surface area contributed by atoms with E-state index in [1.54, 1.807) is 12.1 Å². The molecule has 0 spiro atoms. The minimum absolute atomic E-state index is 0.163. The number of benzene rings is 1. The van der Waals surface area contributed by atoms with Crippen molar-refractivity contribution in [1.82, 2.24) is 14.1 Å². The Hall–Kier alpha value is -2.19. The highest BCUT2D eigenvalue weighted by molar-refractivity contribution is 7.85. The summed E-state index contributed by atoms with van der Waals surface area (Å²) in [5.74, 6) is 0.883. The number of halogens is 1. The van der Waals surface area contributed by atoms with Gasteiger partial charge < -0.3 is 9.13 Å². The van der Waals surface area contributed by atoms with Gasteiger partial charge in [-0.15, -0.1) is 0 Å². The largest absolute Gasteiger partial charge is 0.339 e. The second-order valence-electron chi connectivity index (χ2n) is 6.06. The molecule has 6 nitrogen and oxygen atoms in total. The van der Waals surface area contributed by atoms with Crippen LogP contribution in [-0.2, 0) is 29.6 Å². The number of hydrogen-bond acceptors (Lipinski definition) is 3. The predicted molar refractivity (Wildman–Crippen MR) is 94.7 cm³/mol. The molecule has 1 N–H and O–H groups in total. The van der Waals surface area contributed by atoms with Gasteiger partial charge >= 0.3 is 0 Å². The van der Waals surface area contributed by atoms with Crippen LogP contribution in [0.1, 0.15) is 18.3 Å². The van der Waals surface area contributed by atoms with Crippen molar-refractivity contribution in [3.63, 3.8) is 0 Å². The van der Waals surface area contributed by atoms with Crippen LogP contribution in [0.4, 0.5) is 4.39 Å². The fourth-order valence-electron chi connectivity index (χ4n) is 3.43. The maximum Gasteiger partial charge on any atom is 0.261 e. The highest BCUT2D eigenvalue weighted by Gasteiger charge is 2.25. The highest BCUT2D eigenvalue weighted by Crippen LogP contribution is 2.38. The van der Waals surface area contributed by atoms with E-state index in [4.69, 9.17) is 4.55 Å². The molecule has 8 heteroatoms. The predicted octanol–water partition coefficient (Wildman–Crippen LogP) is 3.03. The van der Waals surface area contributed by atoms with E-state index in [1.807, 2.05) is 19.2 Å². The zero-order chi connectivity index (χ0) is 18.4. The summed E-state index contributed by atoms with van der Waals surface area (Å²) in [5.41, 5.74) is 4.74. The standard InChI is InChI=1S/C16H16FN3.CH4O3S/c1-3-19-14-5-4-11(17)8-13(14)12-6-7-20-10(2)18-9-15(20)16(12)19;1-5(2,3)4/h4-5,8-9H,3,6-7H2,1-2H3;1H3,(H,2,3,4). The van der Waals surface area contributed by atoms with Crippen LogP contribution >= 0.6 is 0 Å². The Morgan fingerprint density at radius 1 is 1.36 bits per heavy atom. The molecule has 3 aromatic rings. The lowest BCUT2D eigenvalue weighted by Gasteiger charge is -2.19. The van der Waals surface area contributed by atoms with E-state index < -0.39 is 10.1 Å². The third-order valence-corrected chi connectivity index (χ3v) is 4.33. The van der Waals surface area contributed by atoms with Gasteiger partial charge in [-0.3, -0.25) is 4.55 Å². The Kier molecular flexibility index (Phi) is 4.42. The van der Waals surface area contributed by atoms with Crippen LogP contribution in [0.5, 0.6) is 0 Å². The van der Waals surface area contributed by atoms with Crippen LogP contribution in [0.3, 0.4) is 0 Å². The summed E-state index contributed by atoms with van der Waals surface area (Å²) < 4.78 is 44.0. The van der Waals surface area contributed by atoms with E-state index in [0.29, 0.717) is 6.26 Å². The van der Waals surface area contributed by atoms with Crippen molar-refractivity contribution >= 4 is 21.0 Å². The molecule has 0 aliphatic carbocycles. The number of imidazole rings is 1. The van der Waals surface area contributed by atoms with Crippen molar-refractivity contribution in [2.24, 2.45) is 0 Å². The number of fused-ring (bicyclic) bond motifs is 5. The summed E-state index contributed by atoms with van der Waals surface area (Å²) in [6, 6.07) is 5.10. The van der Waals surface area contributed by atoms with Gasteiger partial charge in [-0.05, 0) is 44.0 Å². The van der Waals surface area contributed by atoms with Crippen LogP contribution in [0.25, 0.3) is 22.3 Å². The second kappa shape index (κ2) is 6.27. The molecule has 1 aromatic carbocycles. The van der Waals surface area contributed by atoms with Gasteiger partial charge in [0.15, 0.2) is 0 Å². The van der Waals surface area contributed by atoms with Gasteiger partial charge in [-0.1, -0.05) is 0 Å². The molecule has 0 saturated carbocycles. The maximum atomic E-state index is 13.6. The van der Waals surface area contributed by atoms with Crippen molar-refractivity contribution in [1.29, 1.82) is 0 Å². The Labute approximate surface area is 145 Å². The molecule has 2 aromatic heterocycles. The Balaban J connectivity index is 0.000000324. The molecule has 1 aliphatic heterocycles. The Morgan fingerprint density at radius 2 is 2.04 bits per heavy atom. The monoisotopic (exact) mass is 365 g/mol. The smallest absolute Gasteiger partial charge is 0.261 e. The molecule has 3 heterocycles. The molecule has 25 heavy (non-hydrogen) atoms. The van der Waals surface area contributed by atoms with Crippen LogP contribution in [0, 0.1) is 12.7 Å². The molecule has 4 rings (SSSR count). The normalized spacial score (nSPS) is 13.2. The molecule has 1 aliphatic rings. The SMILES string of the molecule is CCn1c2c(c3cc(F)ccc31)CCn1c-2cnc1C.CS(=O)(=O)O. The first kappa shape index (κ1) is 17.6.